The highest BCUT2D eigenvalue weighted by Gasteiger charge is 2.02. The molecular formula is C14H10ClFN3-. The Morgan fingerprint density at radius 1 is 0.895 bits per heavy atom. The van der Waals surface area contributed by atoms with Crippen molar-refractivity contribution in [1.29, 1.82) is 0 Å². The molecule has 1 N–H and O–H groups in total. The number of para-hydroxylation sites is 1. The highest BCUT2D eigenvalue weighted by molar-refractivity contribution is 5.90. The molecule has 0 amide bonds. The number of nitrogens with one attached hydrogen (secondary N) is 1. The SMILES string of the molecule is Fc1ccc(Nc2ncnc3ccccc23)cc1.[Cl-]. The number of nitrogens with zero attached hydrogens (tertiary/aromatic N) is 2. The molecule has 96 valence electrons. The van der Waals surface area contributed by atoms with E-state index in [2.05, 4.69) is 15.3 Å². The standard InChI is InChI=1S/C14H10FN3.ClH/c15-10-5-7-11(8-6-10)18-14-12-3-1-2-4-13(12)16-9-17-14;/h1-9H,(H,16,17,18);1H/p-1. The molecule has 0 aliphatic rings. The van der Waals surface area contributed by atoms with Crippen molar-refractivity contribution in [2.75, 3.05) is 5.32 Å². The predicted octanol–water partition coefficient (Wildman–Crippen LogP) is 0.516. The summed E-state index contributed by atoms with van der Waals surface area (Å²) in [6, 6.07) is 13.9. The van der Waals surface area contributed by atoms with Crippen molar-refractivity contribution in [3.05, 3.63) is 60.7 Å². The van der Waals surface area contributed by atoms with Crippen LogP contribution in [0.1, 0.15) is 0 Å². The molecule has 3 aromatic rings. The average molecular weight is 275 g/mol. The van der Waals surface area contributed by atoms with Crippen LogP contribution < -0.4 is 17.7 Å². The number of anilines is 2. The molecule has 0 aliphatic heterocycles. The Bertz CT molecular complexity index is 680. The van der Waals surface area contributed by atoms with Gasteiger partial charge >= 0.3 is 0 Å². The van der Waals surface area contributed by atoms with E-state index < -0.39 is 0 Å². The molecule has 3 rings (SSSR count). The zero-order chi connectivity index (χ0) is 12.4. The topological polar surface area (TPSA) is 37.8 Å². The van der Waals surface area contributed by atoms with Crippen molar-refractivity contribution in [2.45, 2.75) is 0 Å². The van der Waals surface area contributed by atoms with E-state index in [1.165, 1.54) is 18.5 Å². The Kier molecular flexibility index (Phi) is 3.92. The minimum atomic E-state index is -0.256. The summed E-state index contributed by atoms with van der Waals surface area (Å²) < 4.78 is 12.8. The number of rotatable bonds is 2. The highest BCUT2D eigenvalue weighted by atomic mass is 35.5. The lowest BCUT2D eigenvalue weighted by Gasteiger charge is -2.07. The second kappa shape index (κ2) is 5.63. The van der Waals surface area contributed by atoms with Crippen LogP contribution in [0.4, 0.5) is 15.9 Å². The Labute approximate surface area is 115 Å². The Morgan fingerprint density at radius 2 is 1.63 bits per heavy atom. The summed E-state index contributed by atoms with van der Waals surface area (Å²) in [7, 11) is 0. The third-order valence-corrected chi connectivity index (χ3v) is 2.65. The molecule has 0 radical (unpaired) electrons. The van der Waals surface area contributed by atoms with Gasteiger partial charge in [0.05, 0.1) is 5.52 Å². The van der Waals surface area contributed by atoms with Crippen LogP contribution >= 0.6 is 0 Å². The quantitative estimate of drug-likeness (QED) is 0.740. The maximum atomic E-state index is 12.8. The Hall–Kier alpha value is -2.20. The molecule has 0 bridgehead atoms. The van der Waals surface area contributed by atoms with Gasteiger partial charge in [0.15, 0.2) is 0 Å². The molecule has 0 aliphatic carbocycles. The first kappa shape index (κ1) is 13.2. The van der Waals surface area contributed by atoms with Crippen LogP contribution in [-0.2, 0) is 0 Å². The smallest absolute Gasteiger partial charge is 0.141 e. The molecule has 3 nitrogen and oxygen atoms in total. The largest absolute Gasteiger partial charge is 1.00 e. The van der Waals surface area contributed by atoms with Gasteiger partial charge in [-0.1, -0.05) is 12.1 Å². The first-order chi connectivity index (χ1) is 8.83. The van der Waals surface area contributed by atoms with Crippen LogP contribution in [0.3, 0.4) is 0 Å². The Balaban J connectivity index is 0.00000133. The van der Waals surface area contributed by atoms with Gasteiger partial charge in [-0.25, -0.2) is 14.4 Å². The highest BCUT2D eigenvalue weighted by Crippen LogP contribution is 2.22. The van der Waals surface area contributed by atoms with Gasteiger partial charge in [-0.15, -0.1) is 0 Å². The fourth-order valence-electron chi connectivity index (χ4n) is 1.77. The summed E-state index contributed by atoms with van der Waals surface area (Å²) in [5, 5.41) is 4.09. The Morgan fingerprint density at radius 3 is 2.42 bits per heavy atom. The van der Waals surface area contributed by atoms with E-state index in [-0.39, 0.29) is 18.2 Å². The first-order valence-electron chi connectivity index (χ1n) is 5.55. The van der Waals surface area contributed by atoms with Crippen LogP contribution in [0.2, 0.25) is 0 Å². The summed E-state index contributed by atoms with van der Waals surface area (Å²) in [6.45, 7) is 0. The van der Waals surface area contributed by atoms with E-state index in [0.29, 0.717) is 5.82 Å². The number of hydrogen-bond donors (Lipinski definition) is 1. The van der Waals surface area contributed by atoms with Crippen molar-refractivity contribution in [3.63, 3.8) is 0 Å². The maximum Gasteiger partial charge on any atom is 0.141 e. The molecule has 0 saturated heterocycles. The van der Waals surface area contributed by atoms with E-state index in [1.807, 2.05) is 24.3 Å². The van der Waals surface area contributed by atoms with E-state index in [1.54, 1.807) is 12.1 Å². The number of halogens is 2. The van der Waals surface area contributed by atoms with E-state index in [0.717, 1.165) is 16.6 Å². The first-order valence-corrected chi connectivity index (χ1v) is 5.55. The molecule has 1 aromatic heterocycles. The zero-order valence-corrected chi connectivity index (χ0v) is 10.6. The molecule has 1 heterocycles. The van der Waals surface area contributed by atoms with Gasteiger partial charge in [0, 0.05) is 11.1 Å². The average Bonchev–Trinajstić information content (AvgIpc) is 2.42. The van der Waals surface area contributed by atoms with Crippen molar-refractivity contribution in [3.8, 4) is 0 Å². The minimum absolute atomic E-state index is 0. The second-order valence-electron chi connectivity index (χ2n) is 3.87. The van der Waals surface area contributed by atoms with Crippen molar-refractivity contribution >= 4 is 22.4 Å². The second-order valence-corrected chi connectivity index (χ2v) is 3.87. The molecule has 5 heteroatoms. The lowest BCUT2D eigenvalue weighted by molar-refractivity contribution is -0.00000426. The monoisotopic (exact) mass is 274 g/mol. The van der Waals surface area contributed by atoms with Crippen molar-refractivity contribution < 1.29 is 16.8 Å². The number of benzene rings is 2. The van der Waals surface area contributed by atoms with Crippen LogP contribution in [0, 0.1) is 5.82 Å². The lowest BCUT2D eigenvalue weighted by atomic mass is 10.2. The molecule has 0 fully saturated rings. The summed E-state index contributed by atoms with van der Waals surface area (Å²) >= 11 is 0. The molecule has 0 spiro atoms. The van der Waals surface area contributed by atoms with Gasteiger partial charge in [-0.05, 0) is 36.4 Å². The molecule has 2 aromatic carbocycles. The summed E-state index contributed by atoms with van der Waals surface area (Å²) in [6.07, 6.45) is 1.51. The van der Waals surface area contributed by atoms with Crippen LogP contribution in [0.15, 0.2) is 54.9 Å². The van der Waals surface area contributed by atoms with Gasteiger partial charge in [0.2, 0.25) is 0 Å². The van der Waals surface area contributed by atoms with Gasteiger partial charge < -0.3 is 17.7 Å². The third-order valence-electron chi connectivity index (χ3n) is 2.65. The molecule has 0 unspecified atom stereocenters. The molecule has 0 saturated carbocycles. The maximum absolute atomic E-state index is 12.8. The fourth-order valence-corrected chi connectivity index (χ4v) is 1.77. The van der Waals surface area contributed by atoms with Crippen molar-refractivity contribution in [1.82, 2.24) is 9.97 Å². The molecular weight excluding hydrogens is 265 g/mol. The van der Waals surface area contributed by atoms with E-state index in [4.69, 9.17) is 0 Å². The van der Waals surface area contributed by atoms with Crippen LogP contribution in [0.5, 0.6) is 0 Å². The van der Waals surface area contributed by atoms with Gasteiger partial charge in [0.25, 0.3) is 0 Å². The van der Waals surface area contributed by atoms with Gasteiger partial charge in [0.1, 0.15) is 18.0 Å². The minimum Gasteiger partial charge on any atom is -1.00 e. The number of fused-ring (bicyclic) bond motifs is 1. The number of aromatic nitrogens is 2. The number of hydrogen-bond acceptors (Lipinski definition) is 3. The van der Waals surface area contributed by atoms with E-state index in [9.17, 15) is 4.39 Å². The summed E-state index contributed by atoms with van der Waals surface area (Å²) in [5.41, 5.74) is 1.66. The van der Waals surface area contributed by atoms with E-state index >= 15 is 0 Å². The van der Waals surface area contributed by atoms with Crippen LogP contribution in [0.25, 0.3) is 10.9 Å². The fraction of sp³-hybridized carbons (Fsp3) is 0. The molecule has 19 heavy (non-hydrogen) atoms. The molecule has 0 atom stereocenters. The van der Waals surface area contributed by atoms with Gasteiger partial charge in [-0.3, -0.25) is 0 Å². The summed E-state index contributed by atoms with van der Waals surface area (Å²) in [4.78, 5) is 8.40. The third kappa shape index (κ3) is 2.80. The normalized spacial score (nSPS) is 9.95. The predicted molar refractivity (Wildman–Crippen MR) is 69.2 cm³/mol. The zero-order valence-electron chi connectivity index (χ0n) is 9.85. The summed E-state index contributed by atoms with van der Waals surface area (Å²) in [5.74, 6) is 0.459. The lowest BCUT2D eigenvalue weighted by Crippen LogP contribution is -3.00. The van der Waals surface area contributed by atoms with Crippen LogP contribution in [-0.4, -0.2) is 9.97 Å². The van der Waals surface area contributed by atoms with Gasteiger partial charge in [-0.2, -0.15) is 0 Å². The van der Waals surface area contributed by atoms with Crippen molar-refractivity contribution in [2.24, 2.45) is 0 Å².